The molecular formula is C17H23N5O2. The number of pyridine rings is 1. The Bertz CT molecular complexity index is 700. The summed E-state index contributed by atoms with van der Waals surface area (Å²) in [6, 6.07) is 3.91. The van der Waals surface area contributed by atoms with E-state index >= 15 is 0 Å². The Labute approximate surface area is 141 Å². The zero-order chi connectivity index (χ0) is 17.1. The number of hydrogen-bond acceptors (Lipinski definition) is 6. The lowest BCUT2D eigenvalue weighted by atomic mass is 10.1. The molecule has 0 radical (unpaired) electrons. The average molecular weight is 329 g/mol. The summed E-state index contributed by atoms with van der Waals surface area (Å²) >= 11 is 0. The second-order valence-electron chi connectivity index (χ2n) is 6.16. The number of aryl methyl sites for hydroxylation is 2. The van der Waals surface area contributed by atoms with E-state index < -0.39 is 0 Å². The van der Waals surface area contributed by atoms with Crippen LogP contribution in [0.4, 0.5) is 5.82 Å². The number of nitrogens with zero attached hydrogens (tertiary/aromatic N) is 4. The molecule has 0 atom stereocenters. The average Bonchev–Trinajstić information content (AvgIpc) is 2.92. The molecule has 0 bridgehead atoms. The third-order valence-corrected chi connectivity index (χ3v) is 4.37. The van der Waals surface area contributed by atoms with Crippen LogP contribution in [0, 0.1) is 13.8 Å². The third kappa shape index (κ3) is 3.41. The highest BCUT2D eigenvalue weighted by atomic mass is 16.5. The first-order valence-electron chi connectivity index (χ1n) is 8.14. The Morgan fingerprint density at radius 3 is 2.71 bits per heavy atom. The Morgan fingerprint density at radius 1 is 1.29 bits per heavy atom. The molecule has 1 fully saturated rings. The summed E-state index contributed by atoms with van der Waals surface area (Å²) in [6.45, 7) is 7.86. The number of carbonyl (C=O) groups is 1. The smallest absolute Gasteiger partial charge is 0.257 e. The molecular weight excluding hydrogens is 306 g/mol. The van der Waals surface area contributed by atoms with Crippen molar-refractivity contribution in [3.8, 4) is 0 Å². The van der Waals surface area contributed by atoms with Crippen LogP contribution in [0.1, 0.15) is 27.4 Å². The molecule has 1 amide bonds. The third-order valence-electron chi connectivity index (χ3n) is 4.37. The topological polar surface area (TPSA) is 74.5 Å². The number of amides is 1. The molecule has 24 heavy (non-hydrogen) atoms. The van der Waals surface area contributed by atoms with Crippen LogP contribution in [0.3, 0.4) is 0 Å². The molecule has 3 rings (SSSR count). The summed E-state index contributed by atoms with van der Waals surface area (Å²) in [5, 5.41) is 6.78. The second-order valence-corrected chi connectivity index (χ2v) is 6.16. The molecule has 0 aliphatic carbocycles. The fourth-order valence-electron chi connectivity index (χ4n) is 2.94. The largest absolute Gasteiger partial charge is 0.361 e. The fraction of sp³-hybridized carbons (Fsp3) is 0.471. The van der Waals surface area contributed by atoms with Crippen molar-refractivity contribution in [1.29, 1.82) is 0 Å². The fourth-order valence-corrected chi connectivity index (χ4v) is 2.94. The van der Waals surface area contributed by atoms with Gasteiger partial charge in [-0.05, 0) is 27.0 Å². The van der Waals surface area contributed by atoms with Crippen molar-refractivity contribution in [2.75, 3.05) is 38.1 Å². The van der Waals surface area contributed by atoms with E-state index in [0.717, 1.165) is 37.6 Å². The Kier molecular flexibility index (Phi) is 4.80. The highest BCUT2D eigenvalue weighted by Crippen LogP contribution is 2.19. The maximum Gasteiger partial charge on any atom is 0.257 e. The predicted octanol–water partition coefficient (Wildman–Crippen LogP) is 1.37. The van der Waals surface area contributed by atoms with Crippen LogP contribution in [0.2, 0.25) is 0 Å². The van der Waals surface area contributed by atoms with Gasteiger partial charge in [-0.3, -0.25) is 4.79 Å². The van der Waals surface area contributed by atoms with Crippen molar-refractivity contribution in [3.63, 3.8) is 0 Å². The minimum absolute atomic E-state index is 0.167. The van der Waals surface area contributed by atoms with Gasteiger partial charge in [-0.25, -0.2) is 4.98 Å². The van der Waals surface area contributed by atoms with Crippen LogP contribution in [-0.4, -0.2) is 54.2 Å². The maximum absolute atomic E-state index is 12.4. The second kappa shape index (κ2) is 7.00. The summed E-state index contributed by atoms with van der Waals surface area (Å²) in [7, 11) is 2.13. The minimum atomic E-state index is -0.167. The van der Waals surface area contributed by atoms with Gasteiger partial charge in [-0.15, -0.1) is 0 Å². The van der Waals surface area contributed by atoms with Crippen LogP contribution >= 0.6 is 0 Å². The van der Waals surface area contributed by atoms with Crippen molar-refractivity contribution >= 4 is 11.7 Å². The molecule has 7 nitrogen and oxygen atoms in total. The van der Waals surface area contributed by atoms with Crippen molar-refractivity contribution < 1.29 is 9.32 Å². The first-order valence-corrected chi connectivity index (χ1v) is 8.14. The normalized spacial score (nSPS) is 15.5. The molecule has 2 aromatic rings. The molecule has 1 N–H and O–H groups in total. The number of nitrogens with one attached hydrogen (secondary N) is 1. The van der Waals surface area contributed by atoms with Gasteiger partial charge in [0, 0.05) is 44.5 Å². The van der Waals surface area contributed by atoms with Gasteiger partial charge >= 0.3 is 0 Å². The highest BCUT2D eigenvalue weighted by molar-refractivity contribution is 5.96. The van der Waals surface area contributed by atoms with E-state index in [1.54, 1.807) is 20.0 Å². The minimum Gasteiger partial charge on any atom is -0.361 e. The number of carbonyl (C=O) groups excluding carboxylic acids is 1. The summed E-state index contributed by atoms with van der Waals surface area (Å²) in [6.07, 6.45) is 1.80. The molecule has 0 saturated carbocycles. The lowest BCUT2D eigenvalue weighted by molar-refractivity contribution is 0.0949. The lowest BCUT2D eigenvalue weighted by Gasteiger charge is -2.34. The van der Waals surface area contributed by atoms with Crippen molar-refractivity contribution in [1.82, 2.24) is 20.4 Å². The monoisotopic (exact) mass is 329 g/mol. The number of piperazine rings is 1. The van der Waals surface area contributed by atoms with E-state index in [9.17, 15) is 4.79 Å². The number of rotatable bonds is 4. The van der Waals surface area contributed by atoms with Gasteiger partial charge in [0.05, 0.1) is 5.69 Å². The molecule has 1 aliphatic rings. The van der Waals surface area contributed by atoms with E-state index in [-0.39, 0.29) is 5.91 Å². The summed E-state index contributed by atoms with van der Waals surface area (Å²) in [5.41, 5.74) is 2.14. The molecule has 3 heterocycles. The van der Waals surface area contributed by atoms with E-state index in [1.807, 2.05) is 12.1 Å². The van der Waals surface area contributed by atoms with E-state index in [2.05, 4.69) is 32.3 Å². The number of likely N-dealkylation sites (N-methyl/N-ethyl adjacent to an activating group) is 1. The van der Waals surface area contributed by atoms with Gasteiger partial charge in [-0.1, -0.05) is 11.2 Å². The first-order chi connectivity index (χ1) is 11.6. The highest BCUT2D eigenvalue weighted by Gasteiger charge is 2.20. The zero-order valence-electron chi connectivity index (χ0n) is 14.4. The van der Waals surface area contributed by atoms with Crippen LogP contribution in [0.15, 0.2) is 22.9 Å². The van der Waals surface area contributed by atoms with Crippen LogP contribution in [-0.2, 0) is 6.54 Å². The van der Waals surface area contributed by atoms with Crippen molar-refractivity contribution in [3.05, 3.63) is 40.9 Å². The molecule has 0 aromatic carbocycles. The number of anilines is 1. The summed E-state index contributed by atoms with van der Waals surface area (Å²) < 4.78 is 5.06. The first kappa shape index (κ1) is 16.4. The molecule has 1 aliphatic heterocycles. The maximum atomic E-state index is 12.4. The molecule has 1 saturated heterocycles. The quantitative estimate of drug-likeness (QED) is 0.913. The standard InChI is InChI=1S/C17H23N5O2/c1-12-15(13(2)24-20-12)17(23)19-11-14-5-4-6-18-16(14)22-9-7-21(3)8-10-22/h4-6H,7-11H2,1-3H3,(H,19,23). The van der Waals surface area contributed by atoms with Crippen LogP contribution < -0.4 is 10.2 Å². The van der Waals surface area contributed by atoms with E-state index in [4.69, 9.17) is 4.52 Å². The van der Waals surface area contributed by atoms with Crippen LogP contribution in [0.25, 0.3) is 0 Å². The Balaban J connectivity index is 1.71. The van der Waals surface area contributed by atoms with Gasteiger partial charge in [0.25, 0.3) is 5.91 Å². The number of aromatic nitrogens is 2. The van der Waals surface area contributed by atoms with Gasteiger partial charge < -0.3 is 19.6 Å². The molecule has 7 heteroatoms. The Hall–Kier alpha value is -2.41. The van der Waals surface area contributed by atoms with Gasteiger partial charge in [0.2, 0.25) is 0 Å². The van der Waals surface area contributed by atoms with Crippen molar-refractivity contribution in [2.45, 2.75) is 20.4 Å². The lowest BCUT2D eigenvalue weighted by Crippen LogP contribution is -2.45. The molecule has 0 unspecified atom stereocenters. The van der Waals surface area contributed by atoms with Crippen LogP contribution in [0.5, 0.6) is 0 Å². The van der Waals surface area contributed by atoms with Gasteiger partial charge in [-0.2, -0.15) is 0 Å². The number of hydrogen-bond donors (Lipinski definition) is 1. The van der Waals surface area contributed by atoms with E-state index in [0.29, 0.717) is 23.6 Å². The summed E-state index contributed by atoms with van der Waals surface area (Å²) in [5.74, 6) is 1.32. The zero-order valence-corrected chi connectivity index (χ0v) is 14.4. The van der Waals surface area contributed by atoms with E-state index in [1.165, 1.54) is 0 Å². The molecule has 2 aromatic heterocycles. The SMILES string of the molecule is Cc1noc(C)c1C(=O)NCc1cccnc1N1CCN(C)CC1. The predicted molar refractivity (Wildman–Crippen MR) is 91.1 cm³/mol. The Morgan fingerprint density at radius 2 is 2.04 bits per heavy atom. The molecule has 128 valence electrons. The van der Waals surface area contributed by atoms with Crippen molar-refractivity contribution in [2.24, 2.45) is 0 Å². The molecule has 0 spiro atoms. The van der Waals surface area contributed by atoms with Gasteiger partial charge in [0.1, 0.15) is 17.1 Å². The van der Waals surface area contributed by atoms with Gasteiger partial charge in [0.15, 0.2) is 0 Å². The summed E-state index contributed by atoms with van der Waals surface area (Å²) in [4.78, 5) is 21.5.